The molecule has 0 rings (SSSR count). The van der Waals surface area contributed by atoms with E-state index in [9.17, 15) is 0 Å². The number of hydrogen-bond acceptors (Lipinski definition) is 3. The van der Waals surface area contributed by atoms with Gasteiger partial charge in [-0.1, -0.05) is 13.8 Å². The van der Waals surface area contributed by atoms with Gasteiger partial charge in [0.05, 0.1) is 5.84 Å². The van der Waals surface area contributed by atoms with E-state index in [2.05, 4.69) is 18.7 Å². The van der Waals surface area contributed by atoms with Crippen LogP contribution in [0.25, 0.3) is 0 Å². The van der Waals surface area contributed by atoms with Gasteiger partial charge in [0.15, 0.2) is 0 Å². The monoisotopic (exact) mass is 215 g/mol. The van der Waals surface area contributed by atoms with Crippen molar-refractivity contribution in [3.63, 3.8) is 0 Å². The summed E-state index contributed by atoms with van der Waals surface area (Å²) in [4.78, 5) is 2.34. The van der Waals surface area contributed by atoms with Crippen molar-refractivity contribution in [2.75, 3.05) is 26.8 Å². The van der Waals surface area contributed by atoms with E-state index in [-0.39, 0.29) is 11.8 Å². The fraction of sp³-hybridized carbons (Fsp3) is 0.909. The molecule has 0 amide bonds. The quantitative estimate of drug-likeness (QED) is 0.474. The van der Waals surface area contributed by atoms with Gasteiger partial charge in [0.25, 0.3) is 0 Å². The van der Waals surface area contributed by atoms with Crippen molar-refractivity contribution in [2.24, 2.45) is 11.7 Å². The fourth-order valence-corrected chi connectivity index (χ4v) is 1.54. The number of amidine groups is 1. The third kappa shape index (κ3) is 5.74. The topological polar surface area (TPSA) is 62.3 Å². The van der Waals surface area contributed by atoms with Crippen LogP contribution in [0, 0.1) is 11.3 Å². The molecule has 0 radical (unpaired) electrons. The molecule has 0 spiro atoms. The largest absolute Gasteiger partial charge is 0.387 e. The summed E-state index contributed by atoms with van der Waals surface area (Å²) in [6, 6.07) is 0.483. The van der Waals surface area contributed by atoms with E-state index >= 15 is 0 Å². The van der Waals surface area contributed by atoms with Crippen molar-refractivity contribution >= 4 is 5.84 Å². The van der Waals surface area contributed by atoms with Crippen LogP contribution < -0.4 is 5.73 Å². The second kappa shape index (κ2) is 7.65. The first kappa shape index (κ1) is 14.4. The number of nitrogens with zero attached hydrogens (tertiary/aromatic N) is 1. The smallest absolute Gasteiger partial charge is 0.0947 e. The van der Waals surface area contributed by atoms with E-state index in [0.29, 0.717) is 6.04 Å². The third-order valence-electron chi connectivity index (χ3n) is 2.81. The minimum Gasteiger partial charge on any atom is -0.387 e. The van der Waals surface area contributed by atoms with Gasteiger partial charge >= 0.3 is 0 Å². The van der Waals surface area contributed by atoms with Gasteiger partial charge in [-0.3, -0.25) is 5.41 Å². The average molecular weight is 215 g/mol. The summed E-state index contributed by atoms with van der Waals surface area (Å²) >= 11 is 0. The Kier molecular flexibility index (Phi) is 7.34. The molecule has 0 saturated heterocycles. The molecule has 0 aromatic rings. The zero-order valence-electron chi connectivity index (χ0n) is 10.4. The molecule has 0 fully saturated rings. The Bertz CT molecular complexity index is 185. The molecule has 0 heterocycles. The molecule has 4 heteroatoms. The van der Waals surface area contributed by atoms with Crippen LogP contribution in [0.5, 0.6) is 0 Å². The zero-order chi connectivity index (χ0) is 11.8. The number of methoxy groups -OCH3 is 1. The molecule has 0 bridgehead atoms. The highest BCUT2D eigenvalue weighted by Gasteiger charge is 2.16. The highest BCUT2D eigenvalue weighted by molar-refractivity contribution is 5.79. The highest BCUT2D eigenvalue weighted by Crippen LogP contribution is 2.07. The van der Waals surface area contributed by atoms with Gasteiger partial charge in [0.2, 0.25) is 0 Å². The molecular formula is C11H25N3O. The number of nitrogens with one attached hydrogen (secondary N) is 1. The van der Waals surface area contributed by atoms with Gasteiger partial charge in [0.1, 0.15) is 0 Å². The van der Waals surface area contributed by atoms with Crippen molar-refractivity contribution < 1.29 is 4.74 Å². The number of hydrogen-bond donors (Lipinski definition) is 2. The first-order valence-corrected chi connectivity index (χ1v) is 5.59. The van der Waals surface area contributed by atoms with E-state index in [4.69, 9.17) is 15.9 Å². The molecule has 15 heavy (non-hydrogen) atoms. The van der Waals surface area contributed by atoms with Crippen LogP contribution in [0.1, 0.15) is 27.2 Å². The molecule has 4 nitrogen and oxygen atoms in total. The van der Waals surface area contributed by atoms with E-state index in [1.54, 1.807) is 7.11 Å². The Balaban J connectivity index is 4.05. The molecule has 0 aliphatic rings. The minimum absolute atomic E-state index is 0.134. The Morgan fingerprint density at radius 3 is 2.47 bits per heavy atom. The summed E-state index contributed by atoms with van der Waals surface area (Å²) in [6.07, 6.45) is 1.02. The molecule has 2 unspecified atom stereocenters. The summed E-state index contributed by atoms with van der Waals surface area (Å²) in [5.74, 6) is 0.405. The summed E-state index contributed by atoms with van der Waals surface area (Å²) in [5.41, 5.74) is 5.47. The number of nitrogens with two attached hydrogens (primary N) is 1. The van der Waals surface area contributed by atoms with E-state index in [1.807, 2.05) is 6.92 Å². The van der Waals surface area contributed by atoms with Crippen LogP contribution in [0.3, 0.4) is 0 Å². The number of rotatable bonds is 8. The van der Waals surface area contributed by atoms with Crippen LogP contribution in [-0.2, 0) is 4.74 Å². The molecule has 0 saturated carbocycles. The minimum atomic E-state index is 0.134. The Morgan fingerprint density at radius 2 is 2.07 bits per heavy atom. The maximum atomic E-state index is 7.37. The molecule has 2 atom stereocenters. The SMILES string of the molecule is CCN(CC(C)C(=N)N)C(C)CCOC. The predicted molar refractivity (Wildman–Crippen MR) is 64.3 cm³/mol. The molecular weight excluding hydrogens is 190 g/mol. The molecule has 0 aromatic carbocycles. The van der Waals surface area contributed by atoms with Gasteiger partial charge in [-0.2, -0.15) is 0 Å². The molecule has 0 aliphatic heterocycles. The lowest BCUT2D eigenvalue weighted by atomic mass is 10.1. The van der Waals surface area contributed by atoms with E-state index in [1.165, 1.54) is 0 Å². The van der Waals surface area contributed by atoms with Crippen LogP contribution in [0.4, 0.5) is 0 Å². The average Bonchev–Trinajstić information content (AvgIpc) is 2.21. The first-order chi connectivity index (χ1) is 7.02. The summed E-state index contributed by atoms with van der Waals surface area (Å²) in [6.45, 7) is 8.95. The van der Waals surface area contributed by atoms with Crippen LogP contribution in [0.2, 0.25) is 0 Å². The van der Waals surface area contributed by atoms with Crippen LogP contribution >= 0.6 is 0 Å². The maximum absolute atomic E-state index is 7.37. The van der Waals surface area contributed by atoms with Gasteiger partial charge < -0.3 is 15.4 Å². The Morgan fingerprint density at radius 1 is 1.47 bits per heavy atom. The molecule has 0 aromatic heterocycles. The summed E-state index contributed by atoms with van der Waals surface area (Å²) < 4.78 is 5.07. The molecule has 3 N–H and O–H groups in total. The normalized spacial score (nSPS) is 15.3. The lowest BCUT2D eigenvalue weighted by molar-refractivity contribution is 0.137. The predicted octanol–water partition coefficient (Wildman–Crippen LogP) is 1.31. The van der Waals surface area contributed by atoms with Crippen LogP contribution in [-0.4, -0.2) is 43.6 Å². The zero-order valence-corrected chi connectivity index (χ0v) is 10.4. The standard InChI is InChI=1S/C11H25N3O/c1-5-14(8-9(2)11(12)13)10(3)6-7-15-4/h9-10H,5-8H2,1-4H3,(H3,12,13). The van der Waals surface area contributed by atoms with Crippen molar-refractivity contribution in [1.82, 2.24) is 4.90 Å². The lowest BCUT2D eigenvalue weighted by Gasteiger charge is -2.29. The third-order valence-corrected chi connectivity index (χ3v) is 2.81. The maximum Gasteiger partial charge on any atom is 0.0947 e. The van der Waals surface area contributed by atoms with Crippen molar-refractivity contribution in [2.45, 2.75) is 33.2 Å². The fourth-order valence-electron chi connectivity index (χ4n) is 1.54. The van der Waals surface area contributed by atoms with Gasteiger partial charge in [-0.05, 0) is 19.9 Å². The molecule has 90 valence electrons. The lowest BCUT2D eigenvalue weighted by Crippen LogP contribution is -2.40. The van der Waals surface area contributed by atoms with Crippen molar-refractivity contribution in [3.8, 4) is 0 Å². The van der Waals surface area contributed by atoms with Crippen molar-refractivity contribution in [3.05, 3.63) is 0 Å². The Labute approximate surface area is 93.3 Å². The summed E-state index contributed by atoms with van der Waals surface area (Å²) in [7, 11) is 1.72. The van der Waals surface area contributed by atoms with Gasteiger partial charge in [0, 0.05) is 32.2 Å². The van der Waals surface area contributed by atoms with Crippen molar-refractivity contribution in [1.29, 1.82) is 5.41 Å². The Hall–Kier alpha value is -0.610. The van der Waals surface area contributed by atoms with Crippen LogP contribution in [0.15, 0.2) is 0 Å². The van der Waals surface area contributed by atoms with Gasteiger partial charge in [-0.15, -0.1) is 0 Å². The second-order valence-electron chi connectivity index (χ2n) is 4.07. The molecule has 0 aliphatic carbocycles. The highest BCUT2D eigenvalue weighted by atomic mass is 16.5. The van der Waals surface area contributed by atoms with E-state index < -0.39 is 0 Å². The van der Waals surface area contributed by atoms with E-state index in [0.717, 1.165) is 26.1 Å². The summed E-state index contributed by atoms with van der Waals surface area (Å²) in [5, 5.41) is 7.37. The number of ether oxygens (including phenoxy) is 1. The van der Waals surface area contributed by atoms with Gasteiger partial charge in [-0.25, -0.2) is 0 Å². The first-order valence-electron chi connectivity index (χ1n) is 5.59. The second-order valence-corrected chi connectivity index (χ2v) is 4.07.